The van der Waals surface area contributed by atoms with Crippen molar-refractivity contribution in [2.45, 2.75) is 36.1 Å². The smallest absolute Gasteiger partial charge is 0.243 e. The maximum atomic E-state index is 12.4. The molecule has 0 radical (unpaired) electrons. The van der Waals surface area contributed by atoms with Gasteiger partial charge in [-0.05, 0) is 39.1 Å². The predicted octanol–water partition coefficient (Wildman–Crippen LogP) is 1.11. The summed E-state index contributed by atoms with van der Waals surface area (Å²) in [4.78, 5) is 5.84. The van der Waals surface area contributed by atoms with E-state index in [1.165, 1.54) is 18.3 Å². The van der Waals surface area contributed by atoms with Crippen LogP contribution in [0.1, 0.15) is 31.4 Å². The van der Waals surface area contributed by atoms with Gasteiger partial charge in [0.25, 0.3) is 0 Å². The molecule has 0 aromatic carbocycles. The molecular formula is C14H20N4O2S. The van der Waals surface area contributed by atoms with Crippen LogP contribution in [0, 0.1) is 11.3 Å². The molecule has 1 heterocycles. The molecule has 0 amide bonds. The van der Waals surface area contributed by atoms with Crippen molar-refractivity contribution in [3.05, 3.63) is 24.0 Å². The number of nitrogens with one attached hydrogen (secondary N) is 1. The highest BCUT2D eigenvalue weighted by Gasteiger charge is 2.37. The van der Waals surface area contributed by atoms with Gasteiger partial charge in [0.2, 0.25) is 10.0 Å². The summed E-state index contributed by atoms with van der Waals surface area (Å²) >= 11 is 0. The molecule has 1 aromatic heterocycles. The average molecular weight is 308 g/mol. The molecular weight excluding hydrogens is 288 g/mol. The van der Waals surface area contributed by atoms with Crippen LogP contribution in [0.2, 0.25) is 0 Å². The number of hydrogen-bond donors (Lipinski definition) is 1. The minimum absolute atomic E-state index is 0.0561. The van der Waals surface area contributed by atoms with E-state index < -0.39 is 10.0 Å². The van der Waals surface area contributed by atoms with Gasteiger partial charge in [-0.3, -0.25) is 0 Å². The molecule has 0 bridgehead atoms. The SMILES string of the molecule is CN(C)C1(CNS(=O)(=O)c2cccnc2C#N)CCCC1. The molecule has 0 spiro atoms. The van der Waals surface area contributed by atoms with E-state index in [-0.39, 0.29) is 16.1 Å². The molecule has 1 N–H and O–H groups in total. The first-order chi connectivity index (χ1) is 9.91. The maximum absolute atomic E-state index is 12.4. The Morgan fingerprint density at radius 3 is 2.67 bits per heavy atom. The second-order valence-electron chi connectivity index (χ2n) is 5.61. The van der Waals surface area contributed by atoms with Crippen molar-refractivity contribution in [2.24, 2.45) is 0 Å². The molecule has 1 aromatic rings. The van der Waals surface area contributed by atoms with Gasteiger partial charge in [-0.1, -0.05) is 12.8 Å². The number of pyridine rings is 1. The highest BCUT2D eigenvalue weighted by atomic mass is 32.2. The van der Waals surface area contributed by atoms with E-state index in [2.05, 4.69) is 14.6 Å². The van der Waals surface area contributed by atoms with Gasteiger partial charge in [-0.25, -0.2) is 18.1 Å². The average Bonchev–Trinajstić information content (AvgIpc) is 2.95. The third kappa shape index (κ3) is 3.23. The lowest BCUT2D eigenvalue weighted by atomic mass is 9.97. The predicted molar refractivity (Wildman–Crippen MR) is 79.0 cm³/mol. The second kappa shape index (κ2) is 6.10. The van der Waals surface area contributed by atoms with Crippen LogP contribution >= 0.6 is 0 Å². The summed E-state index contributed by atoms with van der Waals surface area (Å²) in [5, 5.41) is 8.99. The second-order valence-corrected chi connectivity index (χ2v) is 7.35. The van der Waals surface area contributed by atoms with E-state index in [0.29, 0.717) is 6.54 Å². The van der Waals surface area contributed by atoms with Crippen molar-refractivity contribution in [3.8, 4) is 6.07 Å². The zero-order valence-corrected chi connectivity index (χ0v) is 13.2. The summed E-state index contributed by atoms with van der Waals surface area (Å²) in [6.07, 6.45) is 5.57. The summed E-state index contributed by atoms with van der Waals surface area (Å²) in [5.41, 5.74) is -0.211. The molecule has 1 fully saturated rings. The van der Waals surface area contributed by atoms with Gasteiger partial charge in [-0.15, -0.1) is 0 Å². The Kier molecular flexibility index (Phi) is 4.61. The van der Waals surface area contributed by atoms with Gasteiger partial charge in [0.15, 0.2) is 5.69 Å². The first-order valence-electron chi connectivity index (χ1n) is 6.93. The highest BCUT2D eigenvalue weighted by molar-refractivity contribution is 7.89. The minimum atomic E-state index is -3.72. The lowest BCUT2D eigenvalue weighted by Crippen LogP contribution is -2.50. The Hall–Kier alpha value is -1.49. The van der Waals surface area contributed by atoms with Crippen molar-refractivity contribution in [1.29, 1.82) is 5.26 Å². The fourth-order valence-corrected chi connectivity index (χ4v) is 4.04. The van der Waals surface area contributed by atoms with E-state index in [4.69, 9.17) is 5.26 Å². The van der Waals surface area contributed by atoms with E-state index >= 15 is 0 Å². The van der Waals surface area contributed by atoms with E-state index in [9.17, 15) is 8.42 Å². The van der Waals surface area contributed by atoms with Crippen LogP contribution in [0.3, 0.4) is 0 Å². The Morgan fingerprint density at radius 2 is 2.10 bits per heavy atom. The third-order valence-electron chi connectivity index (χ3n) is 4.24. The Balaban J connectivity index is 2.20. The monoisotopic (exact) mass is 308 g/mol. The molecule has 0 atom stereocenters. The highest BCUT2D eigenvalue weighted by Crippen LogP contribution is 2.33. The molecule has 0 saturated heterocycles. The molecule has 0 unspecified atom stereocenters. The molecule has 21 heavy (non-hydrogen) atoms. The Bertz CT molecular complexity index is 643. The van der Waals surface area contributed by atoms with Crippen LogP contribution in [-0.4, -0.2) is 44.5 Å². The normalized spacial score (nSPS) is 17.8. The number of sulfonamides is 1. The zero-order valence-electron chi connectivity index (χ0n) is 12.3. The lowest BCUT2D eigenvalue weighted by Gasteiger charge is -2.36. The summed E-state index contributed by atoms with van der Waals surface area (Å²) in [5.74, 6) is 0. The molecule has 1 aliphatic rings. The third-order valence-corrected chi connectivity index (χ3v) is 5.67. The van der Waals surface area contributed by atoms with Crippen molar-refractivity contribution >= 4 is 10.0 Å². The van der Waals surface area contributed by atoms with Crippen molar-refractivity contribution in [3.63, 3.8) is 0 Å². The summed E-state index contributed by atoms with van der Waals surface area (Å²) in [6, 6.07) is 4.75. The molecule has 7 heteroatoms. The van der Waals surface area contributed by atoms with Gasteiger partial charge < -0.3 is 4.90 Å². The first kappa shape index (κ1) is 15.9. The topological polar surface area (TPSA) is 86.1 Å². The molecule has 114 valence electrons. The molecule has 1 saturated carbocycles. The summed E-state index contributed by atoms with van der Waals surface area (Å²) in [7, 11) is 0.229. The molecule has 0 aliphatic heterocycles. The Labute approximate surface area is 125 Å². The standard InChI is InChI=1S/C14H20N4O2S/c1-18(2)14(7-3-4-8-14)11-17-21(19,20)13-6-5-9-16-12(13)10-15/h5-6,9,17H,3-4,7-8,11H2,1-2H3. The van der Waals surface area contributed by atoms with E-state index in [1.807, 2.05) is 20.2 Å². The van der Waals surface area contributed by atoms with Gasteiger partial charge in [0.05, 0.1) is 0 Å². The Morgan fingerprint density at radius 1 is 1.43 bits per heavy atom. The van der Waals surface area contributed by atoms with Crippen molar-refractivity contribution < 1.29 is 8.42 Å². The van der Waals surface area contributed by atoms with E-state index in [1.54, 1.807) is 0 Å². The minimum Gasteiger partial charge on any atom is -0.302 e. The number of nitriles is 1. The van der Waals surface area contributed by atoms with Crippen LogP contribution in [0.4, 0.5) is 0 Å². The number of aromatic nitrogens is 1. The van der Waals surface area contributed by atoms with Gasteiger partial charge in [0, 0.05) is 18.3 Å². The van der Waals surface area contributed by atoms with Crippen LogP contribution < -0.4 is 4.72 Å². The quantitative estimate of drug-likeness (QED) is 0.880. The number of likely N-dealkylation sites (N-methyl/N-ethyl adjacent to an activating group) is 1. The van der Waals surface area contributed by atoms with E-state index in [0.717, 1.165) is 25.7 Å². The van der Waals surface area contributed by atoms with Crippen molar-refractivity contribution in [2.75, 3.05) is 20.6 Å². The van der Waals surface area contributed by atoms with Crippen molar-refractivity contribution in [1.82, 2.24) is 14.6 Å². The number of rotatable bonds is 5. The van der Waals surface area contributed by atoms with Gasteiger partial charge in [0.1, 0.15) is 11.0 Å². The van der Waals surface area contributed by atoms with Crippen LogP contribution in [0.5, 0.6) is 0 Å². The van der Waals surface area contributed by atoms with Crippen LogP contribution in [0.15, 0.2) is 23.2 Å². The van der Waals surface area contributed by atoms with Crippen LogP contribution in [0.25, 0.3) is 0 Å². The number of hydrogen-bond acceptors (Lipinski definition) is 5. The number of nitrogens with zero attached hydrogens (tertiary/aromatic N) is 3. The molecule has 2 rings (SSSR count). The fourth-order valence-electron chi connectivity index (χ4n) is 2.81. The molecule has 6 nitrogen and oxygen atoms in total. The molecule has 1 aliphatic carbocycles. The maximum Gasteiger partial charge on any atom is 0.243 e. The van der Waals surface area contributed by atoms with Gasteiger partial charge >= 0.3 is 0 Å². The fraction of sp³-hybridized carbons (Fsp3) is 0.571. The largest absolute Gasteiger partial charge is 0.302 e. The van der Waals surface area contributed by atoms with Crippen LogP contribution in [-0.2, 0) is 10.0 Å². The van der Waals surface area contributed by atoms with Gasteiger partial charge in [-0.2, -0.15) is 5.26 Å². The summed E-state index contributed by atoms with van der Waals surface area (Å²) in [6.45, 7) is 0.349. The first-order valence-corrected chi connectivity index (χ1v) is 8.42. The zero-order chi connectivity index (χ0) is 15.5. The lowest BCUT2D eigenvalue weighted by molar-refractivity contribution is 0.162. The summed E-state index contributed by atoms with van der Waals surface area (Å²) < 4.78 is 27.5.